The van der Waals surface area contributed by atoms with Crippen LogP contribution in [0.25, 0.3) is 5.69 Å². The van der Waals surface area contributed by atoms with Crippen molar-refractivity contribution in [3.63, 3.8) is 0 Å². The fourth-order valence-electron chi connectivity index (χ4n) is 2.17. The van der Waals surface area contributed by atoms with Gasteiger partial charge in [-0.25, -0.2) is 4.68 Å². The van der Waals surface area contributed by atoms with Gasteiger partial charge < -0.3 is 5.11 Å². The Morgan fingerprint density at radius 1 is 1.32 bits per heavy atom. The first-order valence-corrected chi connectivity index (χ1v) is 6.32. The number of carbonyl (C=O) groups is 1. The van der Waals surface area contributed by atoms with E-state index in [-0.39, 0.29) is 6.42 Å². The molecule has 0 bridgehead atoms. The summed E-state index contributed by atoms with van der Waals surface area (Å²) in [5.41, 5.74) is 5.29. The summed E-state index contributed by atoms with van der Waals surface area (Å²) in [5, 5.41) is 13.2. The molecule has 100 valence electrons. The quantitative estimate of drug-likeness (QED) is 0.917. The molecule has 2 rings (SSSR count). The van der Waals surface area contributed by atoms with Crippen molar-refractivity contribution in [2.24, 2.45) is 0 Å². The number of nitrogens with zero attached hydrogens (tertiary/aromatic N) is 2. The zero-order valence-corrected chi connectivity index (χ0v) is 11.5. The minimum Gasteiger partial charge on any atom is -0.481 e. The van der Waals surface area contributed by atoms with Crippen molar-refractivity contribution in [2.45, 2.75) is 33.6 Å². The summed E-state index contributed by atoms with van der Waals surface area (Å²) in [5.74, 6) is -0.779. The summed E-state index contributed by atoms with van der Waals surface area (Å²) < 4.78 is 1.83. The molecule has 0 fully saturated rings. The summed E-state index contributed by atoms with van der Waals surface area (Å²) >= 11 is 0. The van der Waals surface area contributed by atoms with Crippen LogP contribution >= 0.6 is 0 Å². The van der Waals surface area contributed by atoms with Crippen molar-refractivity contribution >= 4 is 5.97 Å². The van der Waals surface area contributed by atoms with Gasteiger partial charge in [0.15, 0.2) is 0 Å². The maximum absolute atomic E-state index is 10.6. The fraction of sp³-hybridized carbons (Fsp3) is 0.333. The SMILES string of the molecule is Cc1ccc(-n2cc(CCC(=O)O)c(C)n2)c(C)c1. The molecule has 1 N–H and O–H groups in total. The lowest BCUT2D eigenvalue weighted by Crippen LogP contribution is -1.98. The summed E-state index contributed by atoms with van der Waals surface area (Å²) in [4.78, 5) is 10.6. The number of rotatable bonds is 4. The van der Waals surface area contributed by atoms with Gasteiger partial charge in [0.1, 0.15) is 0 Å². The van der Waals surface area contributed by atoms with E-state index in [0.29, 0.717) is 6.42 Å². The van der Waals surface area contributed by atoms with E-state index in [0.717, 1.165) is 22.5 Å². The summed E-state index contributed by atoms with van der Waals surface area (Å²) in [6.45, 7) is 6.02. The van der Waals surface area contributed by atoms with E-state index < -0.39 is 5.97 Å². The first-order chi connectivity index (χ1) is 8.97. The lowest BCUT2D eigenvalue weighted by molar-refractivity contribution is -0.136. The van der Waals surface area contributed by atoms with Gasteiger partial charge >= 0.3 is 5.97 Å². The summed E-state index contributed by atoms with van der Waals surface area (Å²) in [6, 6.07) is 6.21. The van der Waals surface area contributed by atoms with Crippen molar-refractivity contribution in [1.29, 1.82) is 0 Å². The van der Waals surface area contributed by atoms with Crippen LogP contribution < -0.4 is 0 Å². The predicted molar refractivity (Wildman–Crippen MR) is 73.7 cm³/mol. The van der Waals surface area contributed by atoms with Crippen LogP contribution in [0, 0.1) is 20.8 Å². The van der Waals surface area contributed by atoms with E-state index in [1.165, 1.54) is 5.56 Å². The molecule has 0 radical (unpaired) electrons. The minimum absolute atomic E-state index is 0.138. The molecule has 0 amide bonds. The molecule has 0 atom stereocenters. The molecule has 1 heterocycles. The topological polar surface area (TPSA) is 55.1 Å². The Bertz CT molecular complexity index is 615. The van der Waals surface area contributed by atoms with Crippen LogP contribution in [0.3, 0.4) is 0 Å². The van der Waals surface area contributed by atoms with Crippen LogP contribution in [0.1, 0.15) is 28.8 Å². The molecule has 0 aliphatic heterocycles. The number of hydrogen-bond donors (Lipinski definition) is 1. The van der Waals surface area contributed by atoms with E-state index >= 15 is 0 Å². The second-order valence-electron chi connectivity index (χ2n) is 4.87. The monoisotopic (exact) mass is 258 g/mol. The molecule has 2 aromatic rings. The highest BCUT2D eigenvalue weighted by Gasteiger charge is 2.09. The van der Waals surface area contributed by atoms with Gasteiger partial charge in [0, 0.05) is 12.6 Å². The van der Waals surface area contributed by atoms with Crippen LogP contribution in [0.4, 0.5) is 0 Å². The second-order valence-corrected chi connectivity index (χ2v) is 4.87. The normalized spacial score (nSPS) is 10.7. The molecule has 4 nitrogen and oxygen atoms in total. The zero-order chi connectivity index (χ0) is 14.0. The van der Waals surface area contributed by atoms with Crippen molar-refractivity contribution in [2.75, 3.05) is 0 Å². The molecule has 4 heteroatoms. The summed E-state index contributed by atoms with van der Waals surface area (Å²) in [6.07, 6.45) is 2.58. The maximum atomic E-state index is 10.6. The van der Waals surface area contributed by atoms with Gasteiger partial charge in [0.05, 0.1) is 11.4 Å². The zero-order valence-electron chi connectivity index (χ0n) is 11.5. The van der Waals surface area contributed by atoms with Crippen molar-refractivity contribution in [3.8, 4) is 5.69 Å². The van der Waals surface area contributed by atoms with Gasteiger partial charge in [0.25, 0.3) is 0 Å². The Balaban J connectivity index is 2.31. The lowest BCUT2D eigenvalue weighted by atomic mass is 10.1. The Hall–Kier alpha value is -2.10. The van der Waals surface area contributed by atoms with Crippen LogP contribution in [0.2, 0.25) is 0 Å². The minimum atomic E-state index is -0.779. The molecule has 1 aromatic carbocycles. The number of carboxylic acids is 1. The van der Waals surface area contributed by atoms with Gasteiger partial charge in [-0.15, -0.1) is 0 Å². The molecule has 0 saturated heterocycles. The molecule has 0 aliphatic rings. The number of aliphatic carboxylic acids is 1. The third-order valence-corrected chi connectivity index (χ3v) is 3.21. The van der Waals surface area contributed by atoms with Gasteiger partial charge in [-0.05, 0) is 44.4 Å². The number of hydrogen-bond acceptors (Lipinski definition) is 2. The lowest BCUT2D eigenvalue weighted by Gasteiger charge is -2.06. The third-order valence-electron chi connectivity index (χ3n) is 3.21. The molecule has 1 aromatic heterocycles. The van der Waals surface area contributed by atoms with E-state index in [2.05, 4.69) is 31.1 Å². The van der Waals surface area contributed by atoms with Crippen molar-refractivity contribution in [3.05, 3.63) is 46.8 Å². The highest BCUT2D eigenvalue weighted by atomic mass is 16.4. The molecular weight excluding hydrogens is 240 g/mol. The Morgan fingerprint density at radius 3 is 2.68 bits per heavy atom. The number of benzene rings is 1. The summed E-state index contributed by atoms with van der Waals surface area (Å²) in [7, 11) is 0. The van der Waals surface area contributed by atoms with E-state index in [4.69, 9.17) is 5.11 Å². The third kappa shape index (κ3) is 3.02. The average Bonchev–Trinajstić information content (AvgIpc) is 2.67. The molecule has 0 aliphatic carbocycles. The number of aryl methyl sites for hydroxylation is 4. The Labute approximate surface area is 112 Å². The molecule has 19 heavy (non-hydrogen) atoms. The fourth-order valence-corrected chi connectivity index (χ4v) is 2.17. The highest BCUT2D eigenvalue weighted by molar-refractivity contribution is 5.67. The molecule has 0 spiro atoms. The van der Waals surface area contributed by atoms with Gasteiger partial charge in [-0.2, -0.15) is 5.10 Å². The largest absolute Gasteiger partial charge is 0.481 e. The molecule has 0 saturated carbocycles. The number of aromatic nitrogens is 2. The van der Waals surface area contributed by atoms with Gasteiger partial charge in [-0.1, -0.05) is 17.7 Å². The Morgan fingerprint density at radius 2 is 2.05 bits per heavy atom. The molecular formula is C15H18N2O2. The van der Waals surface area contributed by atoms with Crippen LogP contribution in [0.5, 0.6) is 0 Å². The van der Waals surface area contributed by atoms with Crippen molar-refractivity contribution in [1.82, 2.24) is 9.78 Å². The van der Waals surface area contributed by atoms with Crippen LogP contribution in [0.15, 0.2) is 24.4 Å². The average molecular weight is 258 g/mol. The van der Waals surface area contributed by atoms with E-state index in [9.17, 15) is 4.79 Å². The van der Waals surface area contributed by atoms with Crippen molar-refractivity contribution < 1.29 is 9.90 Å². The highest BCUT2D eigenvalue weighted by Crippen LogP contribution is 2.18. The first kappa shape index (κ1) is 13.3. The van der Waals surface area contributed by atoms with Gasteiger partial charge in [-0.3, -0.25) is 4.79 Å². The first-order valence-electron chi connectivity index (χ1n) is 6.32. The second kappa shape index (κ2) is 5.26. The van der Waals surface area contributed by atoms with Crippen LogP contribution in [-0.4, -0.2) is 20.9 Å². The van der Waals surface area contributed by atoms with Gasteiger partial charge in [0.2, 0.25) is 0 Å². The Kier molecular flexibility index (Phi) is 3.69. The number of carboxylic acid groups (broad SMARTS) is 1. The predicted octanol–water partition coefficient (Wildman–Crippen LogP) is 2.81. The maximum Gasteiger partial charge on any atom is 0.303 e. The standard InChI is InChI=1S/C15H18N2O2/c1-10-4-6-14(11(2)8-10)17-9-13(12(3)16-17)5-7-15(18)19/h4,6,8-9H,5,7H2,1-3H3,(H,18,19). The van der Waals surface area contributed by atoms with E-state index in [1.807, 2.05) is 23.9 Å². The van der Waals surface area contributed by atoms with Crippen LogP contribution in [-0.2, 0) is 11.2 Å². The molecule has 0 unspecified atom stereocenters. The van der Waals surface area contributed by atoms with E-state index in [1.54, 1.807) is 0 Å². The smallest absolute Gasteiger partial charge is 0.303 e.